The zero-order valence-electron chi connectivity index (χ0n) is 12.8. The molecular formula is C17H14ClNO4S. The van der Waals surface area contributed by atoms with E-state index in [9.17, 15) is 4.79 Å². The van der Waals surface area contributed by atoms with Crippen LogP contribution in [-0.4, -0.2) is 17.6 Å². The molecule has 2 aromatic heterocycles. The van der Waals surface area contributed by atoms with Gasteiger partial charge in [-0.15, -0.1) is 11.3 Å². The maximum absolute atomic E-state index is 12.0. The van der Waals surface area contributed by atoms with Crippen molar-refractivity contribution in [2.75, 3.05) is 6.61 Å². The van der Waals surface area contributed by atoms with Crippen LogP contribution in [0.15, 0.2) is 46.2 Å². The molecule has 0 atom stereocenters. The van der Waals surface area contributed by atoms with Crippen LogP contribution in [0.4, 0.5) is 0 Å². The summed E-state index contributed by atoms with van der Waals surface area (Å²) >= 11 is 7.05. The van der Waals surface area contributed by atoms with E-state index in [1.807, 2.05) is 31.2 Å². The highest BCUT2D eigenvalue weighted by atomic mass is 35.5. The van der Waals surface area contributed by atoms with E-state index in [1.54, 1.807) is 17.5 Å². The smallest absolute Gasteiger partial charge is 0.358 e. The Balaban J connectivity index is 1.64. The van der Waals surface area contributed by atoms with Gasteiger partial charge >= 0.3 is 5.97 Å². The molecule has 2 heterocycles. The summed E-state index contributed by atoms with van der Waals surface area (Å²) in [5.74, 6) is 0.779. The molecule has 0 aliphatic rings. The molecule has 1 aromatic carbocycles. The number of thiazole rings is 1. The molecule has 0 aliphatic carbocycles. The number of carbonyl (C=O) groups is 1. The number of carbonyl (C=O) groups excluding carboxylic acids is 1. The van der Waals surface area contributed by atoms with Gasteiger partial charge in [0.1, 0.15) is 23.1 Å². The first-order valence-corrected chi connectivity index (χ1v) is 8.51. The summed E-state index contributed by atoms with van der Waals surface area (Å²) in [7, 11) is 0. The van der Waals surface area contributed by atoms with Crippen molar-refractivity contribution in [1.82, 2.24) is 4.98 Å². The Hall–Kier alpha value is -2.31. The number of nitrogens with zero attached hydrogens (tertiary/aromatic N) is 1. The molecule has 0 aliphatic heterocycles. The monoisotopic (exact) mass is 363 g/mol. The first kappa shape index (κ1) is 16.5. The van der Waals surface area contributed by atoms with Crippen LogP contribution in [0.25, 0.3) is 10.6 Å². The second kappa shape index (κ2) is 7.51. The van der Waals surface area contributed by atoms with Crippen molar-refractivity contribution in [2.45, 2.75) is 13.5 Å². The van der Waals surface area contributed by atoms with Gasteiger partial charge in [-0.25, -0.2) is 9.78 Å². The third-order valence-corrected chi connectivity index (χ3v) is 4.19. The number of esters is 1. The lowest BCUT2D eigenvalue weighted by Crippen LogP contribution is -2.05. The van der Waals surface area contributed by atoms with Crippen LogP contribution in [0.2, 0.25) is 5.22 Å². The molecule has 3 rings (SSSR count). The molecule has 5 nitrogen and oxygen atoms in total. The van der Waals surface area contributed by atoms with Gasteiger partial charge in [-0.05, 0) is 54.9 Å². The van der Waals surface area contributed by atoms with Gasteiger partial charge in [-0.1, -0.05) is 0 Å². The first-order valence-electron chi connectivity index (χ1n) is 7.26. The molecule has 0 fully saturated rings. The third-order valence-electron chi connectivity index (χ3n) is 3.10. The van der Waals surface area contributed by atoms with Crippen LogP contribution in [0.3, 0.4) is 0 Å². The molecule has 0 unspecified atom stereocenters. The van der Waals surface area contributed by atoms with Crippen LogP contribution in [0, 0.1) is 0 Å². The normalized spacial score (nSPS) is 10.6. The molecule has 0 bridgehead atoms. The van der Waals surface area contributed by atoms with Gasteiger partial charge in [0.25, 0.3) is 0 Å². The second-order valence-corrected chi connectivity index (χ2v) is 6.01. The molecule has 0 saturated carbocycles. The number of aromatic nitrogens is 1. The predicted octanol–water partition coefficient (Wildman–Crippen LogP) is 4.81. The molecule has 0 radical (unpaired) electrons. The van der Waals surface area contributed by atoms with Crippen LogP contribution >= 0.6 is 22.9 Å². The summed E-state index contributed by atoms with van der Waals surface area (Å²) in [6, 6.07) is 10.8. The van der Waals surface area contributed by atoms with Crippen molar-refractivity contribution < 1.29 is 18.7 Å². The molecule has 0 saturated heterocycles. The standard InChI is InChI=1S/C17H14ClNO4S/c1-2-21-12-5-3-11(4-6-12)16-19-14(10-24-16)17(20)22-9-13-7-8-15(18)23-13/h3-8,10H,2,9H2,1H3. The number of hydrogen-bond acceptors (Lipinski definition) is 6. The Bertz CT molecular complexity index is 825. The highest BCUT2D eigenvalue weighted by molar-refractivity contribution is 7.13. The van der Waals surface area contributed by atoms with Crippen molar-refractivity contribution in [3.63, 3.8) is 0 Å². The van der Waals surface area contributed by atoms with Crippen molar-refractivity contribution in [1.29, 1.82) is 0 Å². The number of benzene rings is 1. The van der Waals surface area contributed by atoms with Crippen molar-refractivity contribution in [3.8, 4) is 16.3 Å². The van der Waals surface area contributed by atoms with Gasteiger partial charge in [0.15, 0.2) is 10.9 Å². The van der Waals surface area contributed by atoms with E-state index in [4.69, 9.17) is 25.5 Å². The van der Waals surface area contributed by atoms with E-state index in [0.717, 1.165) is 16.3 Å². The van der Waals surface area contributed by atoms with Gasteiger partial charge < -0.3 is 13.9 Å². The van der Waals surface area contributed by atoms with Gasteiger partial charge in [0, 0.05) is 10.9 Å². The van der Waals surface area contributed by atoms with Crippen molar-refractivity contribution >= 4 is 28.9 Å². The lowest BCUT2D eigenvalue weighted by Gasteiger charge is -2.03. The summed E-state index contributed by atoms with van der Waals surface area (Å²) in [5, 5.41) is 2.67. The fourth-order valence-electron chi connectivity index (χ4n) is 2.00. The van der Waals surface area contributed by atoms with Gasteiger partial charge in [-0.3, -0.25) is 0 Å². The zero-order chi connectivity index (χ0) is 16.9. The molecule has 0 spiro atoms. The largest absolute Gasteiger partial charge is 0.494 e. The second-order valence-electron chi connectivity index (χ2n) is 4.78. The molecule has 7 heteroatoms. The van der Waals surface area contributed by atoms with E-state index in [1.165, 1.54) is 11.3 Å². The highest BCUT2D eigenvalue weighted by Gasteiger charge is 2.14. The van der Waals surface area contributed by atoms with Gasteiger partial charge in [0.2, 0.25) is 0 Å². The Kier molecular flexibility index (Phi) is 5.17. The van der Waals surface area contributed by atoms with Crippen LogP contribution < -0.4 is 4.74 Å². The number of halogens is 1. The van der Waals surface area contributed by atoms with Crippen LogP contribution in [0.5, 0.6) is 5.75 Å². The molecule has 0 N–H and O–H groups in total. The predicted molar refractivity (Wildman–Crippen MR) is 91.6 cm³/mol. The van der Waals surface area contributed by atoms with Gasteiger partial charge in [0.05, 0.1) is 6.61 Å². The Morgan fingerprint density at radius 1 is 1.25 bits per heavy atom. The van der Waals surface area contributed by atoms with Crippen molar-refractivity contribution in [3.05, 3.63) is 58.5 Å². The lowest BCUT2D eigenvalue weighted by atomic mass is 10.2. The van der Waals surface area contributed by atoms with Crippen molar-refractivity contribution in [2.24, 2.45) is 0 Å². The van der Waals surface area contributed by atoms with E-state index < -0.39 is 5.97 Å². The SMILES string of the molecule is CCOc1ccc(-c2nc(C(=O)OCc3ccc(Cl)o3)cs2)cc1. The fraction of sp³-hybridized carbons (Fsp3) is 0.176. The average molecular weight is 364 g/mol. The third kappa shape index (κ3) is 3.96. The summed E-state index contributed by atoms with van der Waals surface area (Å²) in [4.78, 5) is 16.4. The zero-order valence-corrected chi connectivity index (χ0v) is 14.4. The van der Waals surface area contributed by atoms with Crippen LogP contribution in [-0.2, 0) is 11.3 Å². The first-order chi connectivity index (χ1) is 11.7. The Labute approximate surface area is 147 Å². The fourth-order valence-corrected chi connectivity index (χ4v) is 2.96. The summed E-state index contributed by atoms with van der Waals surface area (Å²) < 4.78 is 15.7. The highest BCUT2D eigenvalue weighted by Crippen LogP contribution is 2.26. The Morgan fingerprint density at radius 2 is 2.04 bits per heavy atom. The summed E-state index contributed by atoms with van der Waals surface area (Å²) in [6.07, 6.45) is 0. The lowest BCUT2D eigenvalue weighted by molar-refractivity contribution is 0.0439. The van der Waals surface area contributed by atoms with Crippen LogP contribution in [0.1, 0.15) is 23.2 Å². The van der Waals surface area contributed by atoms with E-state index >= 15 is 0 Å². The minimum absolute atomic E-state index is 0.0153. The topological polar surface area (TPSA) is 61.6 Å². The maximum Gasteiger partial charge on any atom is 0.358 e. The summed E-state index contributed by atoms with van der Waals surface area (Å²) in [5.41, 5.74) is 1.18. The Morgan fingerprint density at radius 3 is 2.71 bits per heavy atom. The van der Waals surface area contributed by atoms with E-state index in [-0.39, 0.29) is 17.5 Å². The molecule has 124 valence electrons. The molecule has 3 aromatic rings. The minimum atomic E-state index is -0.504. The number of ether oxygens (including phenoxy) is 2. The molecule has 0 amide bonds. The van der Waals surface area contributed by atoms with Gasteiger partial charge in [-0.2, -0.15) is 0 Å². The average Bonchev–Trinajstić information content (AvgIpc) is 3.23. The number of hydrogen-bond donors (Lipinski definition) is 0. The summed E-state index contributed by atoms with van der Waals surface area (Å²) in [6.45, 7) is 2.57. The quantitative estimate of drug-likeness (QED) is 0.588. The number of furan rings is 1. The molecular weight excluding hydrogens is 350 g/mol. The molecule has 24 heavy (non-hydrogen) atoms. The minimum Gasteiger partial charge on any atom is -0.494 e. The number of rotatable bonds is 6. The van der Waals surface area contributed by atoms with E-state index in [0.29, 0.717) is 12.4 Å². The maximum atomic E-state index is 12.0. The van der Waals surface area contributed by atoms with E-state index in [2.05, 4.69) is 4.98 Å².